The molecule has 0 bridgehead atoms. The number of Topliss-reactive ketones (excluding diaryl/α,β-unsaturated/α-hetero) is 1. The molecule has 0 N–H and O–H groups in total. The van der Waals surface area contributed by atoms with Crippen molar-refractivity contribution in [1.29, 1.82) is 0 Å². The molecular formula is C24H20BrN3O6. The van der Waals surface area contributed by atoms with E-state index in [-0.39, 0.29) is 11.3 Å². The van der Waals surface area contributed by atoms with Gasteiger partial charge < -0.3 is 0 Å². The second kappa shape index (κ2) is 9.30. The van der Waals surface area contributed by atoms with Crippen LogP contribution in [0.4, 0.5) is 5.69 Å². The van der Waals surface area contributed by atoms with Gasteiger partial charge in [-0.15, -0.1) is 0 Å². The van der Waals surface area contributed by atoms with Crippen molar-refractivity contribution in [2.45, 2.75) is 19.8 Å². The highest BCUT2D eigenvalue weighted by Crippen LogP contribution is 2.38. The van der Waals surface area contributed by atoms with Crippen LogP contribution in [0.3, 0.4) is 0 Å². The summed E-state index contributed by atoms with van der Waals surface area (Å²) in [5.41, 5.74) is 1.09. The number of rotatable bonds is 6. The van der Waals surface area contributed by atoms with Crippen molar-refractivity contribution in [2.24, 2.45) is 11.8 Å². The smallest absolute Gasteiger partial charge is 0.273 e. The van der Waals surface area contributed by atoms with Crippen LogP contribution in [-0.2, 0) is 9.59 Å². The van der Waals surface area contributed by atoms with Gasteiger partial charge in [0.1, 0.15) is 6.54 Å². The van der Waals surface area contributed by atoms with Crippen molar-refractivity contribution in [3.05, 3.63) is 85.9 Å². The van der Waals surface area contributed by atoms with Crippen LogP contribution >= 0.6 is 15.9 Å². The zero-order valence-corrected chi connectivity index (χ0v) is 19.7. The van der Waals surface area contributed by atoms with Gasteiger partial charge in [0.15, 0.2) is 5.78 Å². The number of carbonyl (C=O) groups excluding carboxylic acids is 4. The molecule has 0 radical (unpaired) electrons. The van der Waals surface area contributed by atoms with Crippen LogP contribution in [0.2, 0.25) is 0 Å². The fourth-order valence-electron chi connectivity index (χ4n) is 4.23. The maximum absolute atomic E-state index is 13.4. The molecule has 174 valence electrons. The molecule has 9 nitrogen and oxygen atoms in total. The van der Waals surface area contributed by atoms with Crippen LogP contribution in [0.5, 0.6) is 0 Å². The van der Waals surface area contributed by atoms with E-state index in [0.717, 1.165) is 32.2 Å². The molecule has 2 aromatic rings. The number of amides is 3. The number of benzene rings is 2. The number of imide groups is 1. The van der Waals surface area contributed by atoms with Gasteiger partial charge in [-0.3, -0.25) is 29.3 Å². The topological polar surface area (TPSA) is 118 Å². The van der Waals surface area contributed by atoms with Gasteiger partial charge in [0.25, 0.3) is 23.4 Å². The van der Waals surface area contributed by atoms with E-state index in [9.17, 15) is 29.3 Å². The highest BCUT2D eigenvalue weighted by molar-refractivity contribution is 9.10. The summed E-state index contributed by atoms with van der Waals surface area (Å²) in [6.07, 6.45) is 2.70. The molecule has 1 heterocycles. The van der Waals surface area contributed by atoms with Crippen LogP contribution in [0, 0.1) is 22.0 Å². The zero-order valence-electron chi connectivity index (χ0n) is 18.1. The second-order valence-corrected chi connectivity index (χ2v) is 9.20. The number of nitro benzene ring substituents is 1. The molecule has 0 unspecified atom stereocenters. The predicted octanol–water partition coefficient (Wildman–Crippen LogP) is 3.94. The van der Waals surface area contributed by atoms with E-state index in [4.69, 9.17) is 0 Å². The predicted molar refractivity (Wildman–Crippen MR) is 124 cm³/mol. The summed E-state index contributed by atoms with van der Waals surface area (Å²) in [5, 5.41) is 12.6. The van der Waals surface area contributed by atoms with E-state index >= 15 is 0 Å². The van der Waals surface area contributed by atoms with Gasteiger partial charge in [-0.1, -0.05) is 39.7 Å². The lowest BCUT2D eigenvalue weighted by atomic mass is 9.82. The average molecular weight is 526 g/mol. The minimum Gasteiger partial charge on any atom is -0.292 e. The summed E-state index contributed by atoms with van der Waals surface area (Å²) < 4.78 is 0.764. The van der Waals surface area contributed by atoms with E-state index < -0.39 is 46.8 Å². The molecule has 10 heteroatoms. The number of fused-ring (bicyclic) bond motifs is 1. The molecule has 34 heavy (non-hydrogen) atoms. The van der Waals surface area contributed by atoms with E-state index in [1.807, 2.05) is 13.0 Å². The van der Waals surface area contributed by atoms with Crippen molar-refractivity contribution in [2.75, 3.05) is 6.54 Å². The number of ketones is 1. The number of hydrazine groups is 1. The van der Waals surface area contributed by atoms with Gasteiger partial charge >= 0.3 is 0 Å². The van der Waals surface area contributed by atoms with Crippen molar-refractivity contribution < 1.29 is 24.1 Å². The van der Waals surface area contributed by atoms with Gasteiger partial charge in [0.2, 0.25) is 0 Å². The quantitative estimate of drug-likeness (QED) is 0.185. The molecule has 0 spiro atoms. The number of hydrogen-bond acceptors (Lipinski definition) is 6. The molecule has 0 saturated carbocycles. The van der Waals surface area contributed by atoms with E-state index in [2.05, 4.69) is 15.9 Å². The number of carbonyl (C=O) groups is 4. The number of non-ortho nitro benzene ring substituents is 1. The van der Waals surface area contributed by atoms with Gasteiger partial charge in [-0.05, 0) is 44.0 Å². The Morgan fingerprint density at radius 1 is 1.03 bits per heavy atom. The molecule has 1 aliphatic carbocycles. The van der Waals surface area contributed by atoms with E-state index in [1.165, 1.54) is 12.1 Å². The minimum atomic E-state index is -0.773. The first-order chi connectivity index (χ1) is 16.2. The molecular weight excluding hydrogens is 506 g/mol. The fourth-order valence-corrected chi connectivity index (χ4v) is 4.49. The molecule has 1 fully saturated rings. The Bertz CT molecular complexity index is 1220. The lowest BCUT2D eigenvalue weighted by molar-refractivity contribution is -0.384. The number of nitro groups is 1. The summed E-state index contributed by atoms with van der Waals surface area (Å²) in [6.45, 7) is 1.34. The van der Waals surface area contributed by atoms with E-state index in [1.54, 1.807) is 24.3 Å². The first-order valence-corrected chi connectivity index (χ1v) is 11.3. The minimum absolute atomic E-state index is 0.0129. The van der Waals surface area contributed by atoms with Gasteiger partial charge in [0.05, 0.1) is 16.8 Å². The Kier molecular flexibility index (Phi) is 6.43. The summed E-state index contributed by atoms with van der Waals surface area (Å²) in [7, 11) is 0. The van der Waals surface area contributed by atoms with Crippen LogP contribution < -0.4 is 0 Å². The largest absolute Gasteiger partial charge is 0.292 e. The molecule has 3 amide bonds. The summed E-state index contributed by atoms with van der Waals surface area (Å²) in [4.78, 5) is 63.3. The second-order valence-electron chi connectivity index (χ2n) is 8.29. The first-order valence-electron chi connectivity index (χ1n) is 10.6. The lowest BCUT2D eigenvalue weighted by Gasteiger charge is -2.30. The Hall–Kier alpha value is -3.66. The third-order valence-corrected chi connectivity index (χ3v) is 6.59. The van der Waals surface area contributed by atoms with Crippen molar-refractivity contribution in [1.82, 2.24) is 10.0 Å². The maximum Gasteiger partial charge on any atom is 0.273 e. The van der Waals surface area contributed by atoms with Crippen molar-refractivity contribution in [3.63, 3.8) is 0 Å². The van der Waals surface area contributed by atoms with Gasteiger partial charge in [-0.25, -0.2) is 5.01 Å². The number of nitrogens with zero attached hydrogens (tertiary/aromatic N) is 3. The van der Waals surface area contributed by atoms with E-state index in [0.29, 0.717) is 18.4 Å². The SMILES string of the molecule is CC1=CC[C@H]2C(=O)N(N(CC(=O)c3ccc(Br)cc3)C(=O)c3ccc([N+](=O)[O-])cc3)C(=O)[C@@H]2C1. The molecule has 2 aromatic carbocycles. The number of hydrogen-bond donors (Lipinski definition) is 0. The summed E-state index contributed by atoms with van der Waals surface area (Å²) >= 11 is 3.30. The fraction of sp³-hybridized carbons (Fsp3) is 0.250. The standard InChI is InChI=1S/C24H20BrN3O6/c1-14-2-11-19-20(12-14)24(32)27(23(19)31)26(13-21(29)15-3-7-17(25)8-4-15)22(30)16-5-9-18(10-6-16)28(33)34/h2-10,19-20H,11-13H2,1H3/t19-,20-/m1/s1. The lowest BCUT2D eigenvalue weighted by Crippen LogP contribution is -2.52. The number of allylic oxidation sites excluding steroid dienone is 2. The highest BCUT2D eigenvalue weighted by atomic mass is 79.9. The normalized spacial score (nSPS) is 19.5. The highest BCUT2D eigenvalue weighted by Gasteiger charge is 2.51. The number of halogens is 1. The van der Waals surface area contributed by atoms with Crippen LogP contribution in [0.25, 0.3) is 0 Å². The Balaban J connectivity index is 1.69. The van der Waals surface area contributed by atoms with Crippen LogP contribution in [0.1, 0.15) is 40.5 Å². The molecule has 2 aliphatic rings. The van der Waals surface area contributed by atoms with Crippen molar-refractivity contribution >= 4 is 45.1 Å². The van der Waals surface area contributed by atoms with Gasteiger partial charge in [-0.2, -0.15) is 5.01 Å². The Morgan fingerprint density at radius 3 is 2.24 bits per heavy atom. The molecule has 2 atom stereocenters. The Labute approximate surface area is 203 Å². The third-order valence-electron chi connectivity index (χ3n) is 6.06. The maximum atomic E-state index is 13.4. The van der Waals surface area contributed by atoms with Crippen LogP contribution in [-0.4, -0.2) is 45.0 Å². The zero-order chi connectivity index (χ0) is 24.6. The molecule has 1 aliphatic heterocycles. The first kappa shape index (κ1) is 23.5. The van der Waals surface area contributed by atoms with Crippen molar-refractivity contribution in [3.8, 4) is 0 Å². The summed E-state index contributed by atoms with van der Waals surface area (Å²) in [6, 6.07) is 11.3. The molecule has 4 rings (SSSR count). The Morgan fingerprint density at radius 2 is 1.62 bits per heavy atom. The van der Waals surface area contributed by atoms with Gasteiger partial charge in [0, 0.05) is 27.7 Å². The molecule has 1 saturated heterocycles. The third kappa shape index (κ3) is 4.41. The molecule has 0 aromatic heterocycles. The average Bonchev–Trinajstić information content (AvgIpc) is 3.06. The summed E-state index contributed by atoms with van der Waals surface area (Å²) in [5.74, 6) is -3.48. The monoisotopic (exact) mass is 525 g/mol. The van der Waals surface area contributed by atoms with Crippen LogP contribution in [0.15, 0.2) is 64.7 Å².